The molecule has 0 aliphatic rings. The van der Waals surface area contributed by atoms with E-state index >= 15 is 0 Å². The lowest BCUT2D eigenvalue weighted by Gasteiger charge is -2.21. The third-order valence-corrected chi connectivity index (χ3v) is 4.97. The van der Waals surface area contributed by atoms with Gasteiger partial charge in [-0.2, -0.15) is 0 Å². The number of fused-ring (bicyclic) bond motifs is 1. The number of halogens is 1. The highest BCUT2D eigenvalue weighted by Crippen LogP contribution is 2.13. The number of likely N-dealkylation sites (N-methyl/N-ethyl adjacent to an activating group) is 1. The van der Waals surface area contributed by atoms with Gasteiger partial charge in [0.25, 0.3) is 5.56 Å². The highest BCUT2D eigenvalue weighted by atomic mass is 35.5. The zero-order valence-corrected chi connectivity index (χ0v) is 17.5. The molecule has 0 aliphatic carbocycles. The fourth-order valence-electron chi connectivity index (χ4n) is 3.30. The number of aliphatic hydroxyl groups excluding tert-OH is 1. The molecule has 0 aliphatic heterocycles. The second kappa shape index (κ2) is 9.25. The van der Waals surface area contributed by atoms with Crippen LogP contribution in [0.25, 0.3) is 10.9 Å². The Labute approximate surface area is 177 Å². The molecule has 2 aromatic carbocycles. The lowest BCUT2D eigenvalue weighted by atomic mass is 10.2. The van der Waals surface area contributed by atoms with Crippen molar-refractivity contribution in [3.8, 4) is 0 Å². The zero-order valence-electron chi connectivity index (χ0n) is 16.7. The summed E-state index contributed by atoms with van der Waals surface area (Å²) in [5.41, 5.74) is 0.204. The van der Waals surface area contributed by atoms with Crippen molar-refractivity contribution in [1.29, 1.82) is 0 Å². The molecule has 0 fully saturated rings. The van der Waals surface area contributed by atoms with Crippen molar-refractivity contribution in [3.05, 3.63) is 74.4 Å². The molecule has 0 saturated heterocycles. The minimum Gasteiger partial charge on any atom is -0.390 e. The number of aliphatic hydroxyl groups is 1. The SMILES string of the molecule is CN(CC(=O)Nc1ccc(Cl)cc1)CC(O)Cn1c(=O)c2ccccc2n(C)c1=O. The van der Waals surface area contributed by atoms with Crippen LogP contribution >= 0.6 is 11.6 Å². The largest absolute Gasteiger partial charge is 0.390 e. The number of carbonyl (C=O) groups excluding carboxylic acids is 1. The summed E-state index contributed by atoms with van der Waals surface area (Å²) in [5.74, 6) is -0.259. The van der Waals surface area contributed by atoms with E-state index in [0.29, 0.717) is 21.6 Å². The van der Waals surface area contributed by atoms with Gasteiger partial charge in [0.05, 0.1) is 30.1 Å². The summed E-state index contributed by atoms with van der Waals surface area (Å²) in [6.07, 6.45) is -1.01. The number of anilines is 1. The van der Waals surface area contributed by atoms with Gasteiger partial charge in [-0.05, 0) is 43.4 Å². The molecule has 8 nitrogen and oxygen atoms in total. The lowest BCUT2D eigenvalue weighted by Crippen LogP contribution is -2.44. The molecule has 30 heavy (non-hydrogen) atoms. The van der Waals surface area contributed by atoms with Gasteiger partial charge in [-0.1, -0.05) is 23.7 Å². The van der Waals surface area contributed by atoms with E-state index in [-0.39, 0.29) is 25.5 Å². The van der Waals surface area contributed by atoms with E-state index in [1.807, 2.05) is 0 Å². The summed E-state index contributed by atoms with van der Waals surface area (Å²) in [5, 5.41) is 14.1. The Morgan fingerprint density at radius 3 is 2.53 bits per heavy atom. The van der Waals surface area contributed by atoms with E-state index in [1.165, 1.54) is 4.57 Å². The third-order valence-electron chi connectivity index (χ3n) is 4.72. The second-order valence-electron chi connectivity index (χ2n) is 7.18. The fourth-order valence-corrected chi connectivity index (χ4v) is 3.42. The second-order valence-corrected chi connectivity index (χ2v) is 7.62. The monoisotopic (exact) mass is 430 g/mol. The number of hydrogen-bond acceptors (Lipinski definition) is 5. The van der Waals surface area contributed by atoms with Crippen LogP contribution in [-0.4, -0.2) is 51.3 Å². The first-order chi connectivity index (χ1) is 14.3. The fraction of sp³-hybridized carbons (Fsp3) is 0.286. The van der Waals surface area contributed by atoms with Crippen LogP contribution in [-0.2, 0) is 18.4 Å². The molecule has 1 aromatic heterocycles. The normalized spacial score (nSPS) is 12.3. The van der Waals surface area contributed by atoms with E-state index in [0.717, 1.165) is 4.57 Å². The molecule has 1 atom stereocenters. The number of para-hydroxylation sites is 1. The van der Waals surface area contributed by atoms with Gasteiger partial charge in [-0.3, -0.25) is 23.6 Å². The standard InChI is InChI=1S/C21H23ClN4O4/c1-24(13-19(28)23-15-9-7-14(22)8-10-15)11-16(27)12-26-20(29)17-5-3-4-6-18(17)25(2)21(26)30/h3-10,16,27H,11-13H2,1-2H3,(H,23,28). The summed E-state index contributed by atoms with van der Waals surface area (Å²) in [6.45, 7) is -0.0275. The van der Waals surface area contributed by atoms with Crippen LogP contribution in [0, 0.1) is 0 Å². The predicted octanol–water partition coefficient (Wildman–Crippen LogP) is 1.28. The number of nitrogens with zero attached hydrogens (tertiary/aromatic N) is 3. The Morgan fingerprint density at radius 2 is 1.83 bits per heavy atom. The Morgan fingerprint density at radius 1 is 1.17 bits per heavy atom. The zero-order chi connectivity index (χ0) is 21.8. The first kappa shape index (κ1) is 21.8. The molecule has 0 spiro atoms. The minimum atomic E-state index is -1.01. The summed E-state index contributed by atoms with van der Waals surface area (Å²) in [7, 11) is 3.26. The van der Waals surface area contributed by atoms with E-state index in [4.69, 9.17) is 11.6 Å². The number of nitrogens with one attached hydrogen (secondary N) is 1. The van der Waals surface area contributed by atoms with Crippen LogP contribution in [0.15, 0.2) is 58.1 Å². The van der Waals surface area contributed by atoms with Crippen LogP contribution in [0.4, 0.5) is 5.69 Å². The van der Waals surface area contributed by atoms with Crippen molar-refractivity contribution in [2.75, 3.05) is 25.5 Å². The quantitative estimate of drug-likeness (QED) is 0.588. The molecule has 3 aromatic rings. The van der Waals surface area contributed by atoms with Gasteiger partial charge in [0.2, 0.25) is 5.91 Å². The number of hydrogen-bond donors (Lipinski definition) is 2. The number of carbonyl (C=O) groups is 1. The molecular formula is C21H23ClN4O4. The van der Waals surface area contributed by atoms with Crippen LogP contribution in [0.2, 0.25) is 5.02 Å². The maximum atomic E-state index is 12.7. The molecule has 2 N–H and O–H groups in total. The van der Waals surface area contributed by atoms with Gasteiger partial charge >= 0.3 is 5.69 Å². The van der Waals surface area contributed by atoms with Crippen molar-refractivity contribution in [3.63, 3.8) is 0 Å². The molecule has 3 rings (SSSR count). The van der Waals surface area contributed by atoms with Crippen LogP contribution in [0.1, 0.15) is 0 Å². The molecule has 1 amide bonds. The lowest BCUT2D eigenvalue weighted by molar-refractivity contribution is -0.117. The molecule has 158 valence electrons. The Balaban J connectivity index is 1.64. The number of benzene rings is 2. The van der Waals surface area contributed by atoms with Crippen molar-refractivity contribution in [2.24, 2.45) is 7.05 Å². The van der Waals surface area contributed by atoms with Crippen LogP contribution < -0.4 is 16.6 Å². The smallest absolute Gasteiger partial charge is 0.331 e. The Kier molecular flexibility index (Phi) is 6.71. The Hall–Kier alpha value is -2.94. The van der Waals surface area contributed by atoms with Crippen molar-refractivity contribution in [2.45, 2.75) is 12.6 Å². The molecule has 0 radical (unpaired) electrons. The van der Waals surface area contributed by atoms with E-state index in [2.05, 4.69) is 5.32 Å². The van der Waals surface area contributed by atoms with E-state index in [1.54, 1.807) is 67.5 Å². The highest BCUT2D eigenvalue weighted by Gasteiger charge is 2.17. The van der Waals surface area contributed by atoms with E-state index in [9.17, 15) is 19.5 Å². The third kappa shape index (κ3) is 4.96. The summed E-state index contributed by atoms with van der Waals surface area (Å²) in [4.78, 5) is 39.0. The summed E-state index contributed by atoms with van der Waals surface area (Å²) >= 11 is 5.82. The summed E-state index contributed by atoms with van der Waals surface area (Å²) < 4.78 is 2.40. The molecule has 0 bridgehead atoms. The maximum absolute atomic E-state index is 12.7. The molecule has 1 heterocycles. The average molecular weight is 431 g/mol. The first-order valence-corrected chi connectivity index (χ1v) is 9.74. The number of amides is 1. The van der Waals surface area contributed by atoms with Crippen molar-refractivity contribution < 1.29 is 9.90 Å². The number of aryl methyl sites for hydroxylation is 1. The minimum absolute atomic E-state index is 0.0321. The van der Waals surface area contributed by atoms with Gasteiger partial charge < -0.3 is 10.4 Å². The van der Waals surface area contributed by atoms with Crippen LogP contribution in [0.5, 0.6) is 0 Å². The van der Waals surface area contributed by atoms with Gasteiger partial charge in [0.1, 0.15) is 0 Å². The van der Waals surface area contributed by atoms with Gasteiger partial charge in [-0.25, -0.2) is 4.79 Å². The highest BCUT2D eigenvalue weighted by molar-refractivity contribution is 6.30. The van der Waals surface area contributed by atoms with Gasteiger partial charge in [0.15, 0.2) is 0 Å². The van der Waals surface area contributed by atoms with Gasteiger partial charge in [-0.15, -0.1) is 0 Å². The van der Waals surface area contributed by atoms with E-state index < -0.39 is 17.4 Å². The van der Waals surface area contributed by atoms with Gasteiger partial charge in [0, 0.05) is 24.3 Å². The Bertz CT molecular complexity index is 1170. The number of rotatable bonds is 7. The topological polar surface area (TPSA) is 96.6 Å². The predicted molar refractivity (Wildman–Crippen MR) is 117 cm³/mol. The summed E-state index contributed by atoms with van der Waals surface area (Å²) in [6, 6.07) is 13.6. The molecule has 0 saturated carbocycles. The molecular weight excluding hydrogens is 408 g/mol. The molecule has 9 heteroatoms. The van der Waals surface area contributed by atoms with Crippen molar-refractivity contribution in [1.82, 2.24) is 14.0 Å². The number of aromatic nitrogens is 2. The van der Waals surface area contributed by atoms with Crippen molar-refractivity contribution >= 4 is 34.1 Å². The molecule has 1 unspecified atom stereocenters. The average Bonchev–Trinajstić information content (AvgIpc) is 2.71. The van der Waals surface area contributed by atoms with Crippen LogP contribution in [0.3, 0.4) is 0 Å². The maximum Gasteiger partial charge on any atom is 0.331 e. The first-order valence-electron chi connectivity index (χ1n) is 9.37.